The third kappa shape index (κ3) is 23.2. The number of esters is 1. The number of unbranched alkanes of at least 4 members (excludes halogenated alkanes) is 15. The molecule has 0 atom stereocenters. The minimum atomic E-state index is -0.00107. The quantitative estimate of drug-likeness (QED) is 0.113. The maximum atomic E-state index is 11.5. The standard InChI is InChI=1S/C25H48O2/c1-3-5-7-9-10-11-12-13-14-15-16-17-18-19-20-22-24-27-25(26)23-21-8-6-4-2/h13-14H,3-12,15-24H2,1-2H3/b14-13-. The van der Waals surface area contributed by atoms with Gasteiger partial charge in [-0.25, -0.2) is 0 Å². The molecule has 27 heavy (non-hydrogen) atoms. The Kier molecular flexibility index (Phi) is 22.6. The molecule has 2 nitrogen and oxygen atoms in total. The Bertz CT molecular complexity index is 322. The van der Waals surface area contributed by atoms with Crippen molar-refractivity contribution in [1.82, 2.24) is 0 Å². The highest BCUT2D eigenvalue weighted by Gasteiger charge is 2.01. The number of carbonyl (C=O) groups excluding carboxylic acids is 1. The molecule has 0 unspecified atom stereocenters. The fraction of sp³-hybridized carbons (Fsp3) is 0.880. The minimum Gasteiger partial charge on any atom is -0.466 e. The molecule has 0 rings (SSSR count). The van der Waals surface area contributed by atoms with Crippen LogP contribution in [0.25, 0.3) is 0 Å². The Morgan fingerprint density at radius 2 is 1.04 bits per heavy atom. The molecule has 0 fully saturated rings. The zero-order valence-corrected chi connectivity index (χ0v) is 18.6. The summed E-state index contributed by atoms with van der Waals surface area (Å²) in [6.07, 6.45) is 28.3. The molecule has 0 saturated carbocycles. The highest BCUT2D eigenvalue weighted by molar-refractivity contribution is 5.69. The van der Waals surface area contributed by atoms with E-state index in [9.17, 15) is 4.79 Å². The summed E-state index contributed by atoms with van der Waals surface area (Å²) in [5.74, 6) is -0.00107. The molecule has 160 valence electrons. The molecule has 0 heterocycles. The minimum absolute atomic E-state index is 0.00107. The van der Waals surface area contributed by atoms with Crippen LogP contribution in [-0.4, -0.2) is 12.6 Å². The summed E-state index contributed by atoms with van der Waals surface area (Å²) >= 11 is 0. The van der Waals surface area contributed by atoms with E-state index >= 15 is 0 Å². The zero-order chi connectivity index (χ0) is 19.8. The number of carbonyl (C=O) groups is 1. The van der Waals surface area contributed by atoms with Crippen molar-refractivity contribution in [2.45, 2.75) is 136 Å². The van der Waals surface area contributed by atoms with Gasteiger partial charge < -0.3 is 4.74 Å². The van der Waals surface area contributed by atoms with E-state index in [-0.39, 0.29) is 5.97 Å². The number of rotatable bonds is 21. The molecule has 0 aliphatic rings. The van der Waals surface area contributed by atoms with Crippen LogP contribution in [-0.2, 0) is 9.53 Å². The Hall–Kier alpha value is -0.790. The van der Waals surface area contributed by atoms with Gasteiger partial charge in [-0.1, -0.05) is 103 Å². The number of hydrogen-bond donors (Lipinski definition) is 0. The van der Waals surface area contributed by atoms with Crippen LogP contribution in [0.2, 0.25) is 0 Å². The molecule has 0 radical (unpaired) electrons. The lowest BCUT2D eigenvalue weighted by atomic mass is 10.1. The summed E-state index contributed by atoms with van der Waals surface area (Å²) in [4.78, 5) is 11.5. The summed E-state index contributed by atoms with van der Waals surface area (Å²) < 4.78 is 5.29. The Morgan fingerprint density at radius 1 is 0.593 bits per heavy atom. The first-order valence-electron chi connectivity index (χ1n) is 12.1. The Labute approximate surface area is 170 Å². The molecule has 0 spiro atoms. The monoisotopic (exact) mass is 380 g/mol. The van der Waals surface area contributed by atoms with Crippen molar-refractivity contribution in [3.8, 4) is 0 Å². The second-order valence-electron chi connectivity index (χ2n) is 7.97. The van der Waals surface area contributed by atoms with Crippen molar-refractivity contribution in [3.05, 3.63) is 12.2 Å². The molecule has 2 heteroatoms. The van der Waals surface area contributed by atoms with Gasteiger partial charge in [0.1, 0.15) is 0 Å². The van der Waals surface area contributed by atoms with Crippen molar-refractivity contribution < 1.29 is 9.53 Å². The van der Waals surface area contributed by atoms with Crippen LogP contribution in [0.3, 0.4) is 0 Å². The molecule has 0 aromatic carbocycles. The van der Waals surface area contributed by atoms with Gasteiger partial charge in [0.2, 0.25) is 0 Å². The normalized spacial score (nSPS) is 11.3. The molecule has 0 amide bonds. The topological polar surface area (TPSA) is 26.3 Å². The highest BCUT2D eigenvalue weighted by atomic mass is 16.5. The van der Waals surface area contributed by atoms with E-state index in [1.807, 2.05) is 0 Å². The third-order valence-corrected chi connectivity index (χ3v) is 5.15. The van der Waals surface area contributed by atoms with Crippen molar-refractivity contribution in [2.24, 2.45) is 0 Å². The fourth-order valence-corrected chi connectivity index (χ4v) is 3.30. The van der Waals surface area contributed by atoms with Crippen LogP contribution < -0.4 is 0 Å². The van der Waals surface area contributed by atoms with E-state index in [0.717, 1.165) is 19.3 Å². The molecule has 0 aliphatic carbocycles. The predicted molar refractivity (Wildman–Crippen MR) is 119 cm³/mol. The van der Waals surface area contributed by atoms with E-state index in [1.54, 1.807) is 0 Å². The van der Waals surface area contributed by atoms with Crippen LogP contribution in [0.4, 0.5) is 0 Å². The summed E-state index contributed by atoms with van der Waals surface area (Å²) in [6, 6.07) is 0. The molecular formula is C25H48O2. The second-order valence-corrected chi connectivity index (χ2v) is 7.97. The average molecular weight is 381 g/mol. The Morgan fingerprint density at radius 3 is 1.59 bits per heavy atom. The van der Waals surface area contributed by atoms with E-state index in [2.05, 4.69) is 26.0 Å². The predicted octanol–water partition coefficient (Wildman–Crippen LogP) is 8.54. The van der Waals surface area contributed by atoms with E-state index < -0.39 is 0 Å². The summed E-state index contributed by atoms with van der Waals surface area (Å²) in [5, 5.41) is 0. The highest BCUT2D eigenvalue weighted by Crippen LogP contribution is 2.10. The van der Waals surface area contributed by atoms with Gasteiger partial charge >= 0.3 is 5.97 Å². The van der Waals surface area contributed by atoms with Crippen LogP contribution in [0.15, 0.2) is 12.2 Å². The van der Waals surface area contributed by atoms with Gasteiger partial charge in [-0.2, -0.15) is 0 Å². The van der Waals surface area contributed by atoms with Gasteiger partial charge in [-0.3, -0.25) is 4.79 Å². The van der Waals surface area contributed by atoms with Gasteiger partial charge in [0, 0.05) is 6.42 Å². The van der Waals surface area contributed by atoms with Crippen LogP contribution in [0.5, 0.6) is 0 Å². The largest absolute Gasteiger partial charge is 0.466 e. The van der Waals surface area contributed by atoms with Crippen LogP contribution in [0, 0.1) is 0 Å². The van der Waals surface area contributed by atoms with Gasteiger partial charge in [0.05, 0.1) is 6.61 Å². The molecule has 0 aliphatic heterocycles. The maximum Gasteiger partial charge on any atom is 0.305 e. The maximum absolute atomic E-state index is 11.5. The van der Waals surface area contributed by atoms with Gasteiger partial charge in [-0.15, -0.1) is 0 Å². The third-order valence-electron chi connectivity index (χ3n) is 5.15. The summed E-state index contributed by atoms with van der Waals surface area (Å²) in [7, 11) is 0. The molecule has 0 aromatic rings. The zero-order valence-electron chi connectivity index (χ0n) is 18.6. The first kappa shape index (κ1) is 26.2. The molecule has 0 saturated heterocycles. The number of hydrogen-bond acceptors (Lipinski definition) is 2. The van der Waals surface area contributed by atoms with Crippen LogP contribution in [0.1, 0.15) is 136 Å². The van der Waals surface area contributed by atoms with Gasteiger partial charge in [0.25, 0.3) is 0 Å². The number of allylic oxidation sites excluding steroid dienone is 2. The molecule has 0 bridgehead atoms. The molecule has 0 N–H and O–H groups in total. The van der Waals surface area contributed by atoms with Crippen molar-refractivity contribution in [3.63, 3.8) is 0 Å². The van der Waals surface area contributed by atoms with E-state index in [4.69, 9.17) is 4.74 Å². The first-order valence-corrected chi connectivity index (χ1v) is 12.1. The smallest absolute Gasteiger partial charge is 0.305 e. The Balaban J connectivity index is 3.16. The van der Waals surface area contributed by atoms with E-state index in [1.165, 1.54) is 96.3 Å². The van der Waals surface area contributed by atoms with Crippen molar-refractivity contribution >= 4 is 5.97 Å². The second kappa shape index (κ2) is 23.2. The lowest BCUT2D eigenvalue weighted by Crippen LogP contribution is -2.05. The fourth-order valence-electron chi connectivity index (χ4n) is 3.30. The van der Waals surface area contributed by atoms with E-state index in [0.29, 0.717) is 13.0 Å². The van der Waals surface area contributed by atoms with Gasteiger partial charge in [0.15, 0.2) is 0 Å². The van der Waals surface area contributed by atoms with Crippen molar-refractivity contribution in [2.75, 3.05) is 6.61 Å². The molecular weight excluding hydrogens is 332 g/mol. The van der Waals surface area contributed by atoms with Gasteiger partial charge in [-0.05, 0) is 38.5 Å². The van der Waals surface area contributed by atoms with Crippen LogP contribution >= 0.6 is 0 Å². The number of ether oxygens (including phenoxy) is 1. The SMILES string of the molecule is CCCCCCCC/C=C\CCCCCCCCOC(=O)CCCCCC. The summed E-state index contributed by atoms with van der Waals surface area (Å²) in [5.41, 5.74) is 0. The lowest BCUT2D eigenvalue weighted by molar-refractivity contribution is -0.143. The van der Waals surface area contributed by atoms with Crippen molar-refractivity contribution in [1.29, 1.82) is 0 Å². The average Bonchev–Trinajstić information content (AvgIpc) is 2.67. The molecule has 0 aromatic heterocycles. The lowest BCUT2D eigenvalue weighted by Gasteiger charge is -2.05. The summed E-state index contributed by atoms with van der Waals surface area (Å²) in [6.45, 7) is 5.08. The first-order chi connectivity index (χ1) is 13.3.